The summed E-state index contributed by atoms with van der Waals surface area (Å²) in [5, 5.41) is 0.516. The molecule has 1 aromatic carbocycles. The third-order valence-corrected chi connectivity index (χ3v) is 4.74. The van der Waals surface area contributed by atoms with Crippen LogP contribution in [0.2, 0.25) is 0 Å². The number of rotatable bonds is 2. The minimum atomic E-state index is -0.180. The number of hydrogen-bond donors (Lipinski definition) is 1. The van der Waals surface area contributed by atoms with Gasteiger partial charge in [-0.3, -0.25) is 9.78 Å². The zero-order chi connectivity index (χ0) is 20.1. The van der Waals surface area contributed by atoms with Crippen molar-refractivity contribution >= 4 is 10.9 Å². The molecule has 1 saturated heterocycles. The van der Waals surface area contributed by atoms with Crippen molar-refractivity contribution in [1.29, 1.82) is 0 Å². The van der Waals surface area contributed by atoms with E-state index < -0.39 is 0 Å². The van der Waals surface area contributed by atoms with Gasteiger partial charge < -0.3 is 9.72 Å². The number of aryl methyl sites for hydroxylation is 1. The average Bonchev–Trinajstić information content (AvgIpc) is 3.35. The zero-order valence-corrected chi connectivity index (χ0v) is 16.3. The molecule has 0 saturated carbocycles. The number of nitrogens with one attached hydrogen (secondary N) is 1. The summed E-state index contributed by atoms with van der Waals surface area (Å²) in [5.41, 5.74) is 4.74. The van der Waals surface area contributed by atoms with Crippen LogP contribution >= 0.6 is 0 Å². The van der Waals surface area contributed by atoms with Crippen molar-refractivity contribution in [1.82, 2.24) is 19.9 Å². The lowest BCUT2D eigenvalue weighted by atomic mass is 10.0. The fraction of sp³-hybridized carbons (Fsp3) is 0.217. The molecule has 1 aliphatic rings. The minimum absolute atomic E-state index is 0.180. The van der Waals surface area contributed by atoms with Gasteiger partial charge in [0, 0.05) is 36.7 Å². The fourth-order valence-electron chi connectivity index (χ4n) is 3.16. The van der Waals surface area contributed by atoms with Gasteiger partial charge in [0.15, 0.2) is 0 Å². The van der Waals surface area contributed by atoms with Crippen LogP contribution in [0, 0.1) is 6.92 Å². The van der Waals surface area contributed by atoms with Crippen LogP contribution in [0.3, 0.4) is 0 Å². The molecule has 1 fully saturated rings. The van der Waals surface area contributed by atoms with Crippen LogP contribution in [0.1, 0.15) is 18.4 Å². The van der Waals surface area contributed by atoms with Crippen LogP contribution in [0.25, 0.3) is 33.4 Å². The van der Waals surface area contributed by atoms with E-state index in [2.05, 4.69) is 15.0 Å². The van der Waals surface area contributed by atoms with Crippen molar-refractivity contribution < 1.29 is 4.74 Å². The van der Waals surface area contributed by atoms with E-state index in [1.807, 2.05) is 43.3 Å². The maximum Gasteiger partial charge on any atom is 0.258 e. The number of hydrogen-bond acceptors (Lipinski definition) is 5. The quantitative estimate of drug-likeness (QED) is 0.560. The standard InChI is InChI=1S/C19H14N4O.C4H8O/c1-12-4-6-13(7-5-12)16-9-15-18(21-11-22-19(15)24)17(23-16)14-3-2-8-20-10-14;1-2-4-5-3-1/h2-11H,1H3,(H,21,22,24);1-4H2. The average molecular weight is 386 g/mol. The molecule has 6 nitrogen and oxygen atoms in total. The van der Waals surface area contributed by atoms with E-state index in [0.29, 0.717) is 16.6 Å². The van der Waals surface area contributed by atoms with Gasteiger partial charge in [0.25, 0.3) is 5.56 Å². The van der Waals surface area contributed by atoms with Crippen molar-refractivity contribution in [3.63, 3.8) is 0 Å². The predicted octanol–water partition coefficient (Wildman–Crippen LogP) is 4.15. The summed E-state index contributed by atoms with van der Waals surface area (Å²) in [5.74, 6) is 0. The van der Waals surface area contributed by atoms with Crippen LogP contribution < -0.4 is 5.56 Å². The lowest BCUT2D eigenvalue weighted by molar-refractivity contribution is 0.198. The van der Waals surface area contributed by atoms with Crippen LogP contribution in [-0.4, -0.2) is 33.1 Å². The second kappa shape index (κ2) is 8.75. The highest BCUT2D eigenvalue weighted by Gasteiger charge is 2.13. The van der Waals surface area contributed by atoms with E-state index in [-0.39, 0.29) is 5.56 Å². The Kier molecular flexibility index (Phi) is 5.72. The monoisotopic (exact) mass is 386 g/mol. The smallest absolute Gasteiger partial charge is 0.258 e. The Morgan fingerprint density at radius 2 is 1.83 bits per heavy atom. The molecule has 3 aromatic heterocycles. The molecule has 0 aliphatic carbocycles. The van der Waals surface area contributed by atoms with Crippen LogP contribution in [-0.2, 0) is 4.74 Å². The molecule has 5 rings (SSSR count). The maximum absolute atomic E-state index is 12.3. The fourth-order valence-corrected chi connectivity index (χ4v) is 3.16. The minimum Gasteiger partial charge on any atom is -0.381 e. The second-order valence-electron chi connectivity index (χ2n) is 6.91. The molecule has 1 aliphatic heterocycles. The number of nitrogens with zero attached hydrogens (tertiary/aromatic N) is 3. The second-order valence-corrected chi connectivity index (χ2v) is 6.91. The molecule has 0 bridgehead atoms. The van der Waals surface area contributed by atoms with Gasteiger partial charge in [0.2, 0.25) is 0 Å². The van der Waals surface area contributed by atoms with Gasteiger partial charge in [-0.2, -0.15) is 0 Å². The highest BCUT2D eigenvalue weighted by atomic mass is 16.5. The van der Waals surface area contributed by atoms with E-state index in [0.717, 1.165) is 30.0 Å². The van der Waals surface area contributed by atoms with Crippen molar-refractivity contribution in [3.05, 3.63) is 77.1 Å². The third kappa shape index (κ3) is 4.38. The van der Waals surface area contributed by atoms with Crippen molar-refractivity contribution in [2.45, 2.75) is 19.8 Å². The van der Waals surface area contributed by atoms with Crippen molar-refractivity contribution in [2.75, 3.05) is 13.2 Å². The number of ether oxygens (including phenoxy) is 1. The molecule has 6 heteroatoms. The van der Waals surface area contributed by atoms with Gasteiger partial charge in [-0.1, -0.05) is 29.8 Å². The summed E-state index contributed by atoms with van der Waals surface area (Å²) < 4.78 is 4.94. The first-order chi connectivity index (χ1) is 14.2. The zero-order valence-electron chi connectivity index (χ0n) is 16.3. The van der Waals surface area contributed by atoms with Crippen LogP contribution in [0.4, 0.5) is 0 Å². The highest BCUT2D eigenvalue weighted by Crippen LogP contribution is 2.28. The van der Waals surface area contributed by atoms with Crippen LogP contribution in [0.5, 0.6) is 0 Å². The first kappa shape index (κ1) is 19.0. The Morgan fingerprint density at radius 3 is 2.48 bits per heavy atom. The van der Waals surface area contributed by atoms with Gasteiger partial charge in [-0.25, -0.2) is 9.97 Å². The number of benzene rings is 1. The number of aromatic nitrogens is 4. The lowest BCUT2D eigenvalue weighted by Crippen LogP contribution is -2.08. The van der Waals surface area contributed by atoms with Crippen molar-refractivity contribution in [3.8, 4) is 22.5 Å². The summed E-state index contributed by atoms with van der Waals surface area (Å²) in [6.45, 7) is 4.04. The van der Waals surface area contributed by atoms with Gasteiger partial charge in [0.05, 0.1) is 23.1 Å². The molecule has 146 valence electrons. The SMILES string of the molecule is C1CCOC1.Cc1ccc(-c2cc3c(=O)[nH]cnc3c(-c3cccnc3)n2)cc1. The first-order valence-corrected chi connectivity index (χ1v) is 9.66. The molecule has 0 radical (unpaired) electrons. The van der Waals surface area contributed by atoms with Gasteiger partial charge >= 0.3 is 0 Å². The molecule has 4 aromatic rings. The summed E-state index contributed by atoms with van der Waals surface area (Å²) >= 11 is 0. The lowest BCUT2D eigenvalue weighted by Gasteiger charge is -2.09. The Bertz CT molecular complexity index is 1140. The van der Waals surface area contributed by atoms with Gasteiger partial charge in [-0.05, 0) is 38.0 Å². The van der Waals surface area contributed by atoms with Crippen molar-refractivity contribution in [2.24, 2.45) is 0 Å². The van der Waals surface area contributed by atoms with Gasteiger partial charge in [0.1, 0.15) is 5.52 Å². The Balaban J connectivity index is 0.000000359. The molecule has 0 spiro atoms. The highest BCUT2D eigenvalue weighted by molar-refractivity contribution is 5.93. The summed E-state index contributed by atoms with van der Waals surface area (Å²) in [7, 11) is 0. The predicted molar refractivity (Wildman–Crippen MR) is 114 cm³/mol. The summed E-state index contributed by atoms with van der Waals surface area (Å²) in [6.07, 6.45) is 7.39. The Hall–Kier alpha value is -3.38. The number of fused-ring (bicyclic) bond motifs is 1. The first-order valence-electron chi connectivity index (χ1n) is 9.66. The van der Waals surface area contributed by atoms with Crippen LogP contribution in [0.15, 0.2) is 66.0 Å². The molecule has 29 heavy (non-hydrogen) atoms. The molecule has 0 unspecified atom stereocenters. The van der Waals surface area contributed by atoms with E-state index in [4.69, 9.17) is 9.72 Å². The largest absolute Gasteiger partial charge is 0.381 e. The van der Waals surface area contributed by atoms with E-state index in [9.17, 15) is 4.79 Å². The maximum atomic E-state index is 12.3. The summed E-state index contributed by atoms with van der Waals surface area (Å²) in [4.78, 5) is 28.1. The topological polar surface area (TPSA) is 80.8 Å². The molecular formula is C23H22N4O2. The number of pyridine rings is 2. The number of H-pyrrole nitrogens is 1. The number of aromatic amines is 1. The normalized spacial score (nSPS) is 13.1. The Labute approximate surface area is 168 Å². The van der Waals surface area contributed by atoms with E-state index in [1.165, 1.54) is 24.7 Å². The molecule has 0 amide bonds. The third-order valence-electron chi connectivity index (χ3n) is 4.74. The molecule has 0 atom stereocenters. The van der Waals surface area contributed by atoms with E-state index in [1.54, 1.807) is 18.5 Å². The summed E-state index contributed by atoms with van der Waals surface area (Å²) in [6, 6.07) is 13.6. The van der Waals surface area contributed by atoms with E-state index >= 15 is 0 Å². The molecule has 1 N–H and O–H groups in total. The van der Waals surface area contributed by atoms with Gasteiger partial charge in [-0.15, -0.1) is 0 Å². The Morgan fingerprint density at radius 1 is 1.03 bits per heavy atom. The molecular weight excluding hydrogens is 364 g/mol. The molecule has 4 heterocycles.